The van der Waals surface area contributed by atoms with Crippen molar-refractivity contribution in [3.63, 3.8) is 0 Å². The van der Waals surface area contributed by atoms with Gasteiger partial charge >= 0.3 is 5.69 Å². The van der Waals surface area contributed by atoms with Crippen LogP contribution in [0.3, 0.4) is 0 Å². The summed E-state index contributed by atoms with van der Waals surface area (Å²) in [7, 11) is 0. The number of nitrogens with zero attached hydrogens (tertiary/aromatic N) is 3. The fourth-order valence-corrected chi connectivity index (χ4v) is 0.743. The Morgan fingerprint density at radius 1 is 1.75 bits per heavy atom. The molecule has 1 aromatic heterocycles. The molecule has 1 rings (SSSR count). The van der Waals surface area contributed by atoms with E-state index in [1.807, 2.05) is 0 Å². The quantitative estimate of drug-likeness (QED) is 0.478. The average Bonchev–Trinajstić information content (AvgIpc) is 2.03. The Kier molecular flexibility index (Phi) is 1.88. The Labute approximate surface area is 67.4 Å². The van der Waals surface area contributed by atoms with E-state index in [9.17, 15) is 10.1 Å². The van der Waals surface area contributed by atoms with Crippen LogP contribution in [-0.4, -0.2) is 9.91 Å². The maximum Gasteiger partial charge on any atom is 0.328 e. The molecule has 1 heterocycles. The highest BCUT2D eigenvalue weighted by Crippen LogP contribution is 2.22. The van der Waals surface area contributed by atoms with Crippen molar-refractivity contribution in [3.8, 4) is 6.07 Å². The van der Waals surface area contributed by atoms with Crippen molar-refractivity contribution in [1.82, 2.24) is 4.98 Å². The van der Waals surface area contributed by atoms with Crippen molar-refractivity contribution in [2.75, 3.05) is 5.73 Å². The third-order valence-corrected chi connectivity index (χ3v) is 1.24. The van der Waals surface area contributed by atoms with Crippen molar-refractivity contribution in [2.24, 2.45) is 0 Å². The van der Waals surface area contributed by atoms with Crippen LogP contribution in [-0.2, 0) is 0 Å². The first-order valence-electron chi connectivity index (χ1n) is 2.95. The first-order valence-corrected chi connectivity index (χ1v) is 2.95. The number of nitrogen functional groups attached to an aromatic ring is 1. The molecule has 0 aliphatic rings. The zero-order chi connectivity index (χ0) is 9.14. The minimum absolute atomic E-state index is 0.0495. The fourth-order valence-electron chi connectivity index (χ4n) is 0.743. The molecule has 0 aromatic carbocycles. The molecule has 0 atom stereocenters. The van der Waals surface area contributed by atoms with E-state index in [1.54, 1.807) is 6.07 Å². The Hall–Kier alpha value is -2.16. The van der Waals surface area contributed by atoms with Gasteiger partial charge in [-0.1, -0.05) is 0 Å². The SMILES string of the molecule is N#Cc1nccc(N)c1[N+](=O)[O-]. The maximum atomic E-state index is 10.3. The Morgan fingerprint density at radius 3 is 2.83 bits per heavy atom. The first kappa shape index (κ1) is 7.94. The summed E-state index contributed by atoms with van der Waals surface area (Å²) < 4.78 is 0. The number of nitrogens with two attached hydrogens (primary N) is 1. The van der Waals surface area contributed by atoms with Gasteiger partial charge in [-0.2, -0.15) is 5.26 Å². The summed E-state index contributed by atoms with van der Waals surface area (Å²) in [5, 5.41) is 18.8. The first-order chi connectivity index (χ1) is 5.66. The van der Waals surface area contributed by atoms with E-state index in [0.717, 1.165) is 0 Å². The number of aromatic nitrogens is 1. The summed E-state index contributed by atoms with van der Waals surface area (Å²) in [4.78, 5) is 13.1. The highest BCUT2D eigenvalue weighted by atomic mass is 16.6. The van der Waals surface area contributed by atoms with E-state index in [0.29, 0.717) is 0 Å². The van der Waals surface area contributed by atoms with Gasteiger partial charge in [-0.15, -0.1) is 0 Å². The van der Waals surface area contributed by atoms with Crippen LogP contribution in [0.5, 0.6) is 0 Å². The van der Waals surface area contributed by atoms with Crippen LogP contribution in [0.25, 0.3) is 0 Å². The lowest BCUT2D eigenvalue weighted by atomic mass is 10.3. The fraction of sp³-hybridized carbons (Fsp3) is 0. The third kappa shape index (κ3) is 1.15. The normalized spacial score (nSPS) is 8.92. The number of hydrogen-bond acceptors (Lipinski definition) is 5. The van der Waals surface area contributed by atoms with Crippen molar-refractivity contribution in [1.29, 1.82) is 5.26 Å². The second kappa shape index (κ2) is 2.84. The molecule has 0 unspecified atom stereocenters. The van der Waals surface area contributed by atoms with Crippen LogP contribution in [0, 0.1) is 21.4 Å². The summed E-state index contributed by atoms with van der Waals surface area (Å²) in [5.41, 5.74) is 4.52. The zero-order valence-corrected chi connectivity index (χ0v) is 5.89. The number of nitriles is 1. The van der Waals surface area contributed by atoms with Gasteiger partial charge in [0.2, 0.25) is 5.69 Å². The molecule has 0 bridgehead atoms. The Balaban J connectivity index is 3.42. The second-order valence-corrected chi connectivity index (χ2v) is 1.97. The lowest BCUT2D eigenvalue weighted by molar-refractivity contribution is -0.384. The van der Waals surface area contributed by atoms with Gasteiger partial charge in [0.1, 0.15) is 11.8 Å². The van der Waals surface area contributed by atoms with E-state index < -0.39 is 10.6 Å². The molecular weight excluding hydrogens is 160 g/mol. The Bertz CT molecular complexity index is 368. The maximum absolute atomic E-state index is 10.3. The highest BCUT2D eigenvalue weighted by molar-refractivity contribution is 5.62. The van der Waals surface area contributed by atoms with Gasteiger partial charge in [0.25, 0.3) is 0 Å². The van der Waals surface area contributed by atoms with Gasteiger partial charge in [0, 0.05) is 6.20 Å². The average molecular weight is 164 g/mol. The molecule has 0 amide bonds. The standard InChI is InChI=1S/C6H4N4O2/c7-3-5-6(10(11)12)4(8)1-2-9-5/h1-2H,(H2,8,9). The predicted molar refractivity (Wildman–Crippen MR) is 40.0 cm³/mol. The molecule has 2 N–H and O–H groups in total. The molecule has 6 heteroatoms. The summed E-state index contributed by atoms with van der Waals surface area (Å²) in [6, 6.07) is 2.86. The van der Waals surface area contributed by atoms with Crippen molar-refractivity contribution >= 4 is 11.4 Å². The third-order valence-electron chi connectivity index (χ3n) is 1.24. The van der Waals surface area contributed by atoms with Gasteiger partial charge in [-0.05, 0) is 6.07 Å². The summed E-state index contributed by atoms with van der Waals surface area (Å²) in [5.74, 6) is 0. The lowest BCUT2D eigenvalue weighted by Gasteiger charge is -1.95. The zero-order valence-electron chi connectivity index (χ0n) is 5.89. The van der Waals surface area contributed by atoms with Gasteiger partial charge in [-0.25, -0.2) is 4.98 Å². The molecule has 0 spiro atoms. The van der Waals surface area contributed by atoms with Crippen LogP contribution in [0.4, 0.5) is 11.4 Å². The number of pyridine rings is 1. The molecule has 6 nitrogen and oxygen atoms in total. The van der Waals surface area contributed by atoms with Crippen molar-refractivity contribution in [2.45, 2.75) is 0 Å². The Morgan fingerprint density at radius 2 is 2.42 bits per heavy atom. The number of anilines is 1. The van der Waals surface area contributed by atoms with Gasteiger partial charge in [0.05, 0.1) is 4.92 Å². The van der Waals surface area contributed by atoms with Crippen LogP contribution in [0.1, 0.15) is 5.69 Å². The van der Waals surface area contributed by atoms with Crippen LogP contribution in [0.2, 0.25) is 0 Å². The molecule has 0 saturated heterocycles. The van der Waals surface area contributed by atoms with E-state index >= 15 is 0 Å². The minimum Gasteiger partial charge on any atom is -0.393 e. The van der Waals surface area contributed by atoms with E-state index in [4.69, 9.17) is 11.0 Å². The lowest BCUT2D eigenvalue weighted by Crippen LogP contribution is -1.99. The molecule has 0 aliphatic carbocycles. The van der Waals surface area contributed by atoms with E-state index in [2.05, 4.69) is 4.98 Å². The minimum atomic E-state index is -0.721. The molecule has 0 radical (unpaired) electrons. The molecule has 0 aliphatic heterocycles. The largest absolute Gasteiger partial charge is 0.393 e. The number of rotatable bonds is 1. The van der Waals surface area contributed by atoms with Crippen LogP contribution >= 0.6 is 0 Å². The smallest absolute Gasteiger partial charge is 0.328 e. The van der Waals surface area contributed by atoms with Crippen molar-refractivity contribution in [3.05, 3.63) is 28.1 Å². The summed E-state index contributed by atoms with van der Waals surface area (Å²) >= 11 is 0. The van der Waals surface area contributed by atoms with Gasteiger partial charge in [0.15, 0.2) is 0 Å². The summed E-state index contributed by atoms with van der Waals surface area (Å²) in [6.45, 7) is 0. The molecule has 12 heavy (non-hydrogen) atoms. The van der Waals surface area contributed by atoms with Gasteiger partial charge < -0.3 is 5.73 Å². The topological polar surface area (TPSA) is 106 Å². The second-order valence-electron chi connectivity index (χ2n) is 1.97. The summed E-state index contributed by atoms with van der Waals surface area (Å²) in [6.07, 6.45) is 1.25. The van der Waals surface area contributed by atoms with Gasteiger partial charge in [-0.3, -0.25) is 10.1 Å². The monoisotopic (exact) mass is 164 g/mol. The predicted octanol–water partition coefficient (Wildman–Crippen LogP) is 0.444. The number of nitro groups is 1. The molecule has 60 valence electrons. The van der Waals surface area contributed by atoms with E-state index in [-0.39, 0.29) is 11.4 Å². The molecule has 0 saturated carbocycles. The van der Waals surface area contributed by atoms with Crippen molar-refractivity contribution < 1.29 is 4.92 Å². The van der Waals surface area contributed by atoms with Crippen LogP contribution in [0.15, 0.2) is 12.3 Å². The molecular formula is C6H4N4O2. The highest BCUT2D eigenvalue weighted by Gasteiger charge is 2.18. The number of hydrogen-bond donors (Lipinski definition) is 1. The molecule has 1 aromatic rings. The molecule has 0 fully saturated rings. The van der Waals surface area contributed by atoms with Crippen LogP contribution < -0.4 is 5.73 Å². The van der Waals surface area contributed by atoms with E-state index in [1.165, 1.54) is 12.3 Å².